The second kappa shape index (κ2) is 6.61. The van der Waals surface area contributed by atoms with E-state index in [0.29, 0.717) is 5.02 Å². The summed E-state index contributed by atoms with van der Waals surface area (Å²) in [7, 11) is 0. The molecule has 1 unspecified atom stereocenters. The van der Waals surface area contributed by atoms with Gasteiger partial charge in [0, 0.05) is 15.2 Å². The van der Waals surface area contributed by atoms with Crippen molar-refractivity contribution in [3.05, 3.63) is 63.6 Å². The van der Waals surface area contributed by atoms with Crippen molar-refractivity contribution in [2.75, 3.05) is 11.9 Å². The molecule has 20 heavy (non-hydrogen) atoms. The zero-order chi connectivity index (χ0) is 14.6. The minimum Gasteiger partial charge on any atom is -0.394 e. The predicted molar refractivity (Wildman–Crippen MR) is 88.3 cm³/mol. The van der Waals surface area contributed by atoms with E-state index in [1.165, 1.54) is 0 Å². The molecule has 2 rings (SSSR count). The minimum atomic E-state index is -0.492. The van der Waals surface area contributed by atoms with Gasteiger partial charge in [0.1, 0.15) is 0 Å². The third kappa shape index (κ3) is 3.35. The fraction of sp³-hybridized carbons (Fsp3) is 0.250. The molecule has 0 aliphatic heterocycles. The van der Waals surface area contributed by atoms with Gasteiger partial charge in [0.05, 0.1) is 12.1 Å². The molecule has 2 aromatic carbocycles. The summed E-state index contributed by atoms with van der Waals surface area (Å²) in [4.78, 5) is 0. The third-order valence-corrected chi connectivity index (χ3v) is 4.28. The van der Waals surface area contributed by atoms with Crippen LogP contribution in [0.3, 0.4) is 0 Å². The zero-order valence-corrected chi connectivity index (χ0v) is 13.6. The normalized spacial score (nSPS) is 13.8. The molecule has 2 nitrogen and oxygen atoms in total. The molecule has 0 saturated heterocycles. The van der Waals surface area contributed by atoms with E-state index < -0.39 is 5.54 Å². The van der Waals surface area contributed by atoms with Gasteiger partial charge in [0.15, 0.2) is 0 Å². The first kappa shape index (κ1) is 15.4. The lowest BCUT2D eigenvalue weighted by atomic mass is 9.87. The summed E-state index contributed by atoms with van der Waals surface area (Å²) in [5.41, 5.74) is 1.50. The average Bonchev–Trinajstić information content (AvgIpc) is 2.48. The van der Waals surface area contributed by atoms with Crippen LogP contribution in [0.25, 0.3) is 0 Å². The Labute approximate surface area is 132 Å². The molecule has 0 bridgehead atoms. The third-order valence-electron chi connectivity index (χ3n) is 3.50. The standard InChI is InChI=1S/C16H17BrClNO/c1-2-16(11-20,12-3-5-13(17)6-4-12)19-15-9-7-14(18)8-10-15/h3-10,19-20H,2,11H2,1H3. The lowest BCUT2D eigenvalue weighted by Gasteiger charge is -2.34. The molecule has 0 aliphatic rings. The molecule has 1 atom stereocenters. The number of hydrogen-bond acceptors (Lipinski definition) is 2. The number of rotatable bonds is 5. The van der Waals surface area contributed by atoms with Crippen molar-refractivity contribution in [3.63, 3.8) is 0 Å². The Bertz CT molecular complexity index is 550. The van der Waals surface area contributed by atoms with Crippen LogP contribution in [0.2, 0.25) is 5.02 Å². The largest absolute Gasteiger partial charge is 0.394 e. The quantitative estimate of drug-likeness (QED) is 0.807. The van der Waals surface area contributed by atoms with Crippen LogP contribution in [-0.4, -0.2) is 11.7 Å². The van der Waals surface area contributed by atoms with Crippen LogP contribution in [0.1, 0.15) is 18.9 Å². The van der Waals surface area contributed by atoms with E-state index in [9.17, 15) is 5.11 Å². The van der Waals surface area contributed by atoms with Gasteiger partial charge in [-0.05, 0) is 48.4 Å². The van der Waals surface area contributed by atoms with Crippen LogP contribution in [0.5, 0.6) is 0 Å². The Morgan fingerprint density at radius 2 is 1.70 bits per heavy atom. The predicted octanol–water partition coefficient (Wildman–Crippen LogP) is 4.81. The van der Waals surface area contributed by atoms with Crippen molar-refractivity contribution < 1.29 is 5.11 Å². The molecular weight excluding hydrogens is 338 g/mol. The number of hydrogen-bond donors (Lipinski definition) is 2. The molecule has 0 heterocycles. The molecule has 0 aromatic heterocycles. The highest BCUT2D eigenvalue weighted by Gasteiger charge is 2.29. The van der Waals surface area contributed by atoms with E-state index in [0.717, 1.165) is 22.1 Å². The number of aliphatic hydroxyl groups is 1. The van der Waals surface area contributed by atoms with Crippen molar-refractivity contribution in [3.8, 4) is 0 Å². The molecular formula is C16H17BrClNO. The highest BCUT2D eigenvalue weighted by molar-refractivity contribution is 9.10. The topological polar surface area (TPSA) is 32.3 Å². The van der Waals surface area contributed by atoms with Crippen molar-refractivity contribution in [2.24, 2.45) is 0 Å². The second-order valence-corrected chi connectivity index (χ2v) is 6.08. The first-order chi connectivity index (χ1) is 9.59. The van der Waals surface area contributed by atoms with Crippen LogP contribution < -0.4 is 5.32 Å². The first-order valence-electron chi connectivity index (χ1n) is 6.50. The van der Waals surface area contributed by atoms with E-state index in [2.05, 4.69) is 28.2 Å². The maximum Gasteiger partial charge on any atom is 0.0854 e. The highest BCUT2D eigenvalue weighted by atomic mass is 79.9. The Kier molecular flexibility index (Phi) is 5.08. The van der Waals surface area contributed by atoms with Crippen LogP contribution in [0.15, 0.2) is 53.0 Å². The van der Waals surface area contributed by atoms with Crippen molar-refractivity contribution >= 4 is 33.2 Å². The van der Waals surface area contributed by atoms with Crippen LogP contribution in [0, 0.1) is 0 Å². The SMILES string of the molecule is CCC(CO)(Nc1ccc(Cl)cc1)c1ccc(Br)cc1. The van der Waals surface area contributed by atoms with E-state index in [-0.39, 0.29) is 6.61 Å². The Morgan fingerprint density at radius 3 is 2.20 bits per heavy atom. The number of anilines is 1. The van der Waals surface area contributed by atoms with Gasteiger partial charge in [-0.3, -0.25) is 0 Å². The van der Waals surface area contributed by atoms with Crippen molar-refractivity contribution in [1.29, 1.82) is 0 Å². The van der Waals surface area contributed by atoms with Crippen LogP contribution >= 0.6 is 27.5 Å². The van der Waals surface area contributed by atoms with E-state index in [4.69, 9.17) is 11.6 Å². The van der Waals surface area contributed by atoms with Crippen LogP contribution in [-0.2, 0) is 5.54 Å². The lowest BCUT2D eigenvalue weighted by molar-refractivity contribution is 0.207. The molecule has 0 aliphatic carbocycles. The summed E-state index contributed by atoms with van der Waals surface area (Å²) >= 11 is 9.34. The van der Waals surface area contributed by atoms with E-state index >= 15 is 0 Å². The van der Waals surface area contributed by atoms with Gasteiger partial charge in [-0.25, -0.2) is 0 Å². The summed E-state index contributed by atoms with van der Waals surface area (Å²) in [6, 6.07) is 15.5. The second-order valence-electron chi connectivity index (χ2n) is 4.73. The maximum atomic E-state index is 9.91. The minimum absolute atomic E-state index is 0.0216. The smallest absolute Gasteiger partial charge is 0.0854 e. The van der Waals surface area contributed by atoms with Gasteiger partial charge >= 0.3 is 0 Å². The molecule has 0 radical (unpaired) electrons. The summed E-state index contributed by atoms with van der Waals surface area (Å²) in [6.07, 6.45) is 0.772. The van der Waals surface area contributed by atoms with Crippen molar-refractivity contribution in [1.82, 2.24) is 0 Å². The zero-order valence-electron chi connectivity index (χ0n) is 11.2. The Balaban J connectivity index is 2.33. The highest BCUT2D eigenvalue weighted by Crippen LogP contribution is 2.30. The molecule has 0 amide bonds. The van der Waals surface area contributed by atoms with Crippen molar-refractivity contribution in [2.45, 2.75) is 18.9 Å². The van der Waals surface area contributed by atoms with E-state index in [1.807, 2.05) is 48.5 Å². The molecule has 0 fully saturated rings. The summed E-state index contributed by atoms with van der Waals surface area (Å²) in [5, 5.41) is 14.0. The van der Waals surface area contributed by atoms with Gasteiger partial charge in [-0.2, -0.15) is 0 Å². The Morgan fingerprint density at radius 1 is 1.10 bits per heavy atom. The molecule has 4 heteroatoms. The number of benzene rings is 2. The summed E-state index contributed by atoms with van der Waals surface area (Å²) in [6.45, 7) is 2.08. The van der Waals surface area contributed by atoms with Gasteiger partial charge in [-0.1, -0.05) is 46.6 Å². The maximum absolute atomic E-state index is 9.91. The average molecular weight is 355 g/mol. The van der Waals surface area contributed by atoms with Gasteiger partial charge in [0.25, 0.3) is 0 Å². The monoisotopic (exact) mass is 353 g/mol. The lowest BCUT2D eigenvalue weighted by Crippen LogP contribution is -2.38. The first-order valence-corrected chi connectivity index (χ1v) is 7.67. The molecule has 0 spiro atoms. The summed E-state index contributed by atoms with van der Waals surface area (Å²) < 4.78 is 1.02. The fourth-order valence-corrected chi connectivity index (χ4v) is 2.58. The number of halogens is 2. The van der Waals surface area contributed by atoms with E-state index in [1.54, 1.807) is 0 Å². The molecule has 2 aromatic rings. The number of nitrogens with one attached hydrogen (secondary N) is 1. The Hall–Kier alpha value is -1.03. The summed E-state index contributed by atoms with van der Waals surface area (Å²) in [5.74, 6) is 0. The molecule has 106 valence electrons. The number of aliphatic hydroxyl groups excluding tert-OH is 1. The van der Waals surface area contributed by atoms with Gasteiger partial charge < -0.3 is 10.4 Å². The molecule has 2 N–H and O–H groups in total. The molecule has 0 saturated carbocycles. The fourth-order valence-electron chi connectivity index (χ4n) is 2.19. The van der Waals surface area contributed by atoms with Gasteiger partial charge in [-0.15, -0.1) is 0 Å². The van der Waals surface area contributed by atoms with Gasteiger partial charge in [0.2, 0.25) is 0 Å². The van der Waals surface area contributed by atoms with Crippen LogP contribution in [0.4, 0.5) is 5.69 Å².